The molecule has 0 heterocycles. The van der Waals surface area contributed by atoms with Crippen LogP contribution in [0.2, 0.25) is 0 Å². The normalized spacial score (nSPS) is 13.7. The van der Waals surface area contributed by atoms with E-state index in [1.807, 2.05) is 27.7 Å². The number of carbonyl (C=O) groups excluding carboxylic acids is 3. The second-order valence-corrected chi connectivity index (χ2v) is 10.2. The monoisotopic (exact) mass is 536 g/mol. The van der Waals surface area contributed by atoms with Crippen molar-refractivity contribution in [3.8, 4) is 5.75 Å². The van der Waals surface area contributed by atoms with E-state index in [2.05, 4.69) is 16.0 Å². The van der Waals surface area contributed by atoms with Gasteiger partial charge in [0.25, 0.3) is 0 Å². The summed E-state index contributed by atoms with van der Waals surface area (Å²) >= 11 is 0. The van der Waals surface area contributed by atoms with Gasteiger partial charge in [-0.2, -0.15) is 0 Å². The lowest BCUT2D eigenvalue weighted by molar-refractivity contribution is -0.148. The summed E-state index contributed by atoms with van der Waals surface area (Å²) in [6, 6.07) is 3.38. The lowest BCUT2D eigenvalue weighted by atomic mass is 10.0. The number of amides is 2. The minimum atomic E-state index is -1.21. The maximum absolute atomic E-state index is 13.3. The lowest BCUT2D eigenvalue weighted by Crippen LogP contribution is -2.54. The van der Waals surface area contributed by atoms with Gasteiger partial charge in [-0.1, -0.05) is 47.6 Å². The minimum absolute atomic E-state index is 0.00882. The number of ether oxygens (including phenoxy) is 2. The number of hydrogen-bond donors (Lipinski definition) is 5. The number of benzene rings is 1. The number of hydrogen-bond acceptors (Lipinski definition) is 8. The van der Waals surface area contributed by atoms with Gasteiger partial charge in [0.15, 0.2) is 6.10 Å². The molecule has 0 aliphatic carbocycles. The highest BCUT2D eigenvalue weighted by Gasteiger charge is 2.28. The van der Waals surface area contributed by atoms with E-state index < -0.39 is 30.1 Å². The van der Waals surface area contributed by atoms with Crippen LogP contribution >= 0.6 is 0 Å². The molecule has 0 aliphatic heterocycles. The molecule has 38 heavy (non-hydrogen) atoms. The van der Waals surface area contributed by atoms with Gasteiger partial charge in [-0.25, -0.2) is 4.79 Å². The first-order chi connectivity index (χ1) is 17.8. The number of esters is 1. The largest absolute Gasteiger partial charge is 0.479 e. The molecule has 6 N–H and O–H groups in total. The van der Waals surface area contributed by atoms with Gasteiger partial charge in [-0.05, 0) is 49.9 Å². The molecular weight excluding hydrogens is 492 g/mol. The average molecular weight is 537 g/mol. The van der Waals surface area contributed by atoms with Crippen molar-refractivity contribution in [1.29, 1.82) is 0 Å². The Labute approximate surface area is 225 Å². The van der Waals surface area contributed by atoms with Crippen molar-refractivity contribution in [2.75, 3.05) is 11.9 Å². The third-order valence-electron chi connectivity index (χ3n) is 5.60. The number of carboxylic acid groups (broad SMARTS) is 1. The molecule has 0 saturated heterocycles. The van der Waals surface area contributed by atoms with Crippen molar-refractivity contribution in [2.24, 2.45) is 17.6 Å². The Morgan fingerprint density at radius 2 is 1.66 bits per heavy atom. The van der Waals surface area contributed by atoms with E-state index in [4.69, 9.17) is 15.2 Å². The molecule has 3 atom stereocenters. The third-order valence-corrected chi connectivity index (χ3v) is 5.60. The molecule has 3 unspecified atom stereocenters. The second kappa shape index (κ2) is 15.9. The highest BCUT2D eigenvalue weighted by molar-refractivity contribution is 5.99. The van der Waals surface area contributed by atoms with Crippen molar-refractivity contribution in [3.63, 3.8) is 0 Å². The minimum Gasteiger partial charge on any atom is -0.479 e. The Kier molecular flexibility index (Phi) is 13.8. The molecule has 0 radical (unpaired) electrons. The first-order valence-corrected chi connectivity index (χ1v) is 13.0. The topological polar surface area (TPSA) is 169 Å². The van der Waals surface area contributed by atoms with E-state index in [0.717, 1.165) is 0 Å². The smallest absolute Gasteiger partial charge is 0.344 e. The molecule has 0 fully saturated rings. The molecular formula is C27H44N4O7. The van der Waals surface area contributed by atoms with Gasteiger partial charge in [0.2, 0.25) is 11.8 Å². The summed E-state index contributed by atoms with van der Waals surface area (Å²) in [5.74, 6) is -2.58. The number of nitrogens with two attached hydrogens (primary N) is 1. The van der Waals surface area contributed by atoms with Crippen LogP contribution in [0, 0.1) is 11.8 Å². The van der Waals surface area contributed by atoms with Crippen LogP contribution in [0.1, 0.15) is 66.9 Å². The van der Waals surface area contributed by atoms with Crippen molar-refractivity contribution in [2.45, 2.75) is 92.1 Å². The molecule has 1 rings (SSSR count). The number of carbonyl (C=O) groups is 4. The second-order valence-electron chi connectivity index (χ2n) is 10.2. The van der Waals surface area contributed by atoms with Crippen LogP contribution in [0.3, 0.4) is 0 Å². The molecule has 1 aromatic rings. The van der Waals surface area contributed by atoms with E-state index in [9.17, 15) is 24.3 Å². The molecule has 1 aromatic carbocycles. The lowest BCUT2D eigenvalue weighted by Gasteiger charge is -2.27. The Balaban J connectivity index is 3.19. The first-order valence-electron chi connectivity index (χ1n) is 13.0. The van der Waals surface area contributed by atoms with Gasteiger partial charge in [0.1, 0.15) is 18.4 Å². The third kappa shape index (κ3) is 11.1. The van der Waals surface area contributed by atoms with E-state index in [1.165, 1.54) is 13.0 Å². The van der Waals surface area contributed by atoms with Gasteiger partial charge in [-0.15, -0.1) is 0 Å². The maximum Gasteiger partial charge on any atom is 0.344 e. The van der Waals surface area contributed by atoms with Crippen LogP contribution in [-0.4, -0.2) is 59.6 Å². The molecule has 11 heteroatoms. The Bertz CT molecular complexity index is 949. The summed E-state index contributed by atoms with van der Waals surface area (Å²) in [5.41, 5.74) is 6.43. The fourth-order valence-corrected chi connectivity index (χ4v) is 3.42. The quantitative estimate of drug-likeness (QED) is 0.199. The standard InChI is InChI=1S/C27H44N4O7/c1-15(2)23(29-17(5)6)25(33)31-21(9-8-12-28)24(32)30-20-11-10-19(14-37-27(36)16(3)4)13-22(20)38-18(7)26(34)35/h10-11,13,15-18,21,23,29H,8-9,12,14,28H2,1-7H3,(H,30,32)(H,31,33)(H,34,35). The molecule has 11 nitrogen and oxygen atoms in total. The van der Waals surface area contributed by atoms with E-state index in [0.29, 0.717) is 24.9 Å². The number of aliphatic carboxylic acids is 1. The summed E-state index contributed by atoms with van der Waals surface area (Å²) in [5, 5.41) is 18.1. The summed E-state index contributed by atoms with van der Waals surface area (Å²) in [4.78, 5) is 49.6. The van der Waals surface area contributed by atoms with Crippen LogP contribution in [0.25, 0.3) is 0 Å². The van der Waals surface area contributed by atoms with Crippen LogP contribution in [0.4, 0.5) is 5.69 Å². The fraction of sp³-hybridized carbons (Fsp3) is 0.630. The Hall–Kier alpha value is -3.18. The fourth-order valence-electron chi connectivity index (χ4n) is 3.42. The zero-order chi connectivity index (χ0) is 29.0. The van der Waals surface area contributed by atoms with E-state index in [1.54, 1.807) is 26.0 Å². The summed E-state index contributed by atoms with van der Waals surface area (Å²) in [7, 11) is 0. The molecule has 0 saturated carbocycles. The summed E-state index contributed by atoms with van der Waals surface area (Å²) in [6.45, 7) is 12.8. The van der Waals surface area contributed by atoms with Gasteiger partial charge in [-0.3, -0.25) is 14.4 Å². The highest BCUT2D eigenvalue weighted by Crippen LogP contribution is 2.28. The molecule has 0 aromatic heterocycles. The highest BCUT2D eigenvalue weighted by atomic mass is 16.5. The first kappa shape index (κ1) is 32.8. The zero-order valence-corrected chi connectivity index (χ0v) is 23.5. The summed E-state index contributed by atoms with van der Waals surface area (Å²) in [6.07, 6.45) is -0.395. The van der Waals surface area contributed by atoms with Crippen LogP contribution in [0.15, 0.2) is 18.2 Å². The van der Waals surface area contributed by atoms with Crippen LogP contribution in [0.5, 0.6) is 5.75 Å². The zero-order valence-electron chi connectivity index (χ0n) is 23.5. The van der Waals surface area contributed by atoms with Crippen molar-refractivity contribution in [1.82, 2.24) is 10.6 Å². The van der Waals surface area contributed by atoms with Gasteiger partial charge >= 0.3 is 11.9 Å². The predicted octanol–water partition coefficient (Wildman–Crippen LogP) is 2.42. The van der Waals surface area contributed by atoms with Crippen molar-refractivity contribution >= 4 is 29.4 Å². The molecule has 0 aliphatic rings. The molecule has 0 bridgehead atoms. The molecule has 0 spiro atoms. The van der Waals surface area contributed by atoms with Gasteiger partial charge < -0.3 is 36.3 Å². The van der Waals surface area contributed by atoms with E-state index >= 15 is 0 Å². The van der Waals surface area contributed by atoms with Crippen molar-refractivity contribution in [3.05, 3.63) is 23.8 Å². The van der Waals surface area contributed by atoms with Gasteiger partial charge in [0.05, 0.1) is 17.6 Å². The average Bonchev–Trinajstić information content (AvgIpc) is 2.83. The van der Waals surface area contributed by atoms with Crippen LogP contribution < -0.4 is 26.4 Å². The Morgan fingerprint density at radius 3 is 2.18 bits per heavy atom. The molecule has 214 valence electrons. The number of rotatable bonds is 16. The molecule has 2 amide bonds. The van der Waals surface area contributed by atoms with Gasteiger partial charge in [0, 0.05) is 6.04 Å². The predicted molar refractivity (Wildman–Crippen MR) is 145 cm³/mol. The SMILES string of the molecule is CC(C)NC(C(=O)NC(CCCN)C(=O)Nc1ccc(COC(=O)C(C)C)cc1OC(C)C(=O)O)C(C)C. The van der Waals surface area contributed by atoms with Crippen LogP contribution in [-0.2, 0) is 30.5 Å². The maximum atomic E-state index is 13.3. The van der Waals surface area contributed by atoms with Crippen molar-refractivity contribution < 1.29 is 33.8 Å². The number of nitrogens with one attached hydrogen (secondary N) is 3. The van der Waals surface area contributed by atoms with E-state index in [-0.39, 0.29) is 47.8 Å². The number of carboxylic acids is 1. The number of anilines is 1. The Morgan fingerprint density at radius 1 is 1.00 bits per heavy atom. The summed E-state index contributed by atoms with van der Waals surface area (Å²) < 4.78 is 10.8.